The molecule has 32 heavy (non-hydrogen) atoms. The number of aldehydes is 1. The molecule has 0 spiro atoms. The molecule has 3 aromatic carbocycles. The molecule has 0 aliphatic heterocycles. The topological polar surface area (TPSA) is 50.2 Å². The molecule has 4 heteroatoms. The summed E-state index contributed by atoms with van der Waals surface area (Å²) in [6, 6.07) is 25.5. The van der Waals surface area contributed by atoms with E-state index in [1.54, 1.807) is 0 Å². The summed E-state index contributed by atoms with van der Waals surface area (Å²) < 4.78 is 0. The minimum Gasteiger partial charge on any atom is -0.388 e. The summed E-state index contributed by atoms with van der Waals surface area (Å²) in [6.07, 6.45) is 6.01. The van der Waals surface area contributed by atoms with Crippen molar-refractivity contribution < 1.29 is 9.90 Å². The number of aryl methyl sites for hydroxylation is 1. The highest BCUT2D eigenvalue weighted by molar-refractivity contribution is 6.31. The Hall–Kier alpha value is -3.27. The Balaban J connectivity index is 1.45. The zero-order valence-electron chi connectivity index (χ0n) is 17.6. The molecule has 0 amide bonds. The van der Waals surface area contributed by atoms with Gasteiger partial charge < -0.3 is 9.90 Å². The number of aliphatic hydroxyl groups excluding tert-OH is 1. The first-order chi connectivity index (χ1) is 15.6. The fraction of sp³-hybridized carbons (Fsp3) is 0.143. The number of carbonyl (C=O) groups excluding carboxylic acids is 1. The van der Waals surface area contributed by atoms with Gasteiger partial charge in [-0.1, -0.05) is 72.3 Å². The molecule has 0 bridgehead atoms. The van der Waals surface area contributed by atoms with Gasteiger partial charge in [-0.15, -0.1) is 0 Å². The molecule has 0 saturated heterocycles. The summed E-state index contributed by atoms with van der Waals surface area (Å²) in [4.78, 5) is 15.6. The first-order valence-electron chi connectivity index (χ1n) is 10.7. The van der Waals surface area contributed by atoms with Crippen molar-refractivity contribution >= 4 is 40.9 Å². The van der Waals surface area contributed by atoms with Crippen molar-refractivity contribution in [3.63, 3.8) is 0 Å². The van der Waals surface area contributed by atoms with Crippen molar-refractivity contribution in [1.82, 2.24) is 4.98 Å². The predicted octanol–water partition coefficient (Wildman–Crippen LogP) is 6.47. The molecule has 4 rings (SSSR count). The summed E-state index contributed by atoms with van der Waals surface area (Å²) >= 11 is 6.08. The Morgan fingerprint density at radius 3 is 2.56 bits per heavy atom. The number of carbonyl (C=O) groups is 1. The van der Waals surface area contributed by atoms with Gasteiger partial charge in [0.15, 0.2) is 0 Å². The third-order valence-electron chi connectivity index (χ3n) is 5.53. The maximum atomic E-state index is 10.9. The van der Waals surface area contributed by atoms with Crippen molar-refractivity contribution in [2.24, 2.45) is 0 Å². The summed E-state index contributed by atoms with van der Waals surface area (Å²) in [6.45, 7) is 0. The van der Waals surface area contributed by atoms with Gasteiger partial charge in [0.05, 0.1) is 17.3 Å². The zero-order chi connectivity index (χ0) is 22.3. The molecule has 0 aliphatic rings. The summed E-state index contributed by atoms with van der Waals surface area (Å²) in [7, 11) is 0. The van der Waals surface area contributed by atoms with E-state index in [4.69, 9.17) is 11.6 Å². The van der Waals surface area contributed by atoms with E-state index in [1.807, 2.05) is 91.0 Å². The van der Waals surface area contributed by atoms with Crippen LogP contribution in [0.15, 0.2) is 78.9 Å². The zero-order valence-corrected chi connectivity index (χ0v) is 18.4. The number of rotatable bonds is 8. The largest absolute Gasteiger partial charge is 0.388 e. The molecule has 4 aromatic rings. The molecule has 160 valence electrons. The van der Waals surface area contributed by atoms with Crippen LogP contribution in [0, 0.1) is 0 Å². The Kier molecular flexibility index (Phi) is 7.10. The van der Waals surface area contributed by atoms with E-state index in [2.05, 4.69) is 4.98 Å². The van der Waals surface area contributed by atoms with Crippen LogP contribution in [0.5, 0.6) is 0 Å². The lowest BCUT2D eigenvalue weighted by Gasteiger charge is -2.13. The Labute approximate surface area is 193 Å². The third-order valence-corrected chi connectivity index (χ3v) is 5.76. The van der Waals surface area contributed by atoms with Gasteiger partial charge in [-0.05, 0) is 65.4 Å². The molecule has 1 atom stereocenters. The van der Waals surface area contributed by atoms with Crippen LogP contribution in [0.1, 0.15) is 40.5 Å². The van der Waals surface area contributed by atoms with Gasteiger partial charge in [0.25, 0.3) is 0 Å². The highest BCUT2D eigenvalue weighted by Gasteiger charge is 2.10. The lowest BCUT2D eigenvalue weighted by atomic mass is 9.96. The minimum absolute atomic E-state index is 0.404. The molecule has 1 N–H and O–H groups in total. The van der Waals surface area contributed by atoms with E-state index in [1.165, 1.54) is 0 Å². The average molecular weight is 442 g/mol. The number of pyridine rings is 1. The summed E-state index contributed by atoms with van der Waals surface area (Å²) in [5.74, 6) is 0. The molecular weight excluding hydrogens is 418 g/mol. The van der Waals surface area contributed by atoms with Crippen LogP contribution in [0.3, 0.4) is 0 Å². The molecule has 0 radical (unpaired) electrons. The third kappa shape index (κ3) is 5.50. The number of halogens is 1. The van der Waals surface area contributed by atoms with Crippen LogP contribution in [0.25, 0.3) is 23.1 Å². The van der Waals surface area contributed by atoms with Crippen LogP contribution in [-0.2, 0) is 17.6 Å². The second kappa shape index (κ2) is 10.4. The van der Waals surface area contributed by atoms with E-state index in [0.717, 1.165) is 51.6 Å². The number of fused-ring (bicyclic) bond motifs is 1. The van der Waals surface area contributed by atoms with Gasteiger partial charge >= 0.3 is 0 Å². The first kappa shape index (κ1) is 21.9. The molecule has 0 aliphatic carbocycles. The predicted molar refractivity (Wildman–Crippen MR) is 132 cm³/mol. The standard InChI is InChI=1S/C28H24ClNO2/c29-25-12-9-23-10-14-26(30-27(23)19-25)13-8-20-4-3-7-24(18-20)28(32)15-11-21-5-1-2-6-22(21)16-17-31/h1-10,12-14,17-19,28,32H,11,15-16H2/t28-/m0/s1. The molecule has 1 aromatic heterocycles. The van der Waals surface area contributed by atoms with Crippen molar-refractivity contribution in [1.29, 1.82) is 0 Å². The average Bonchev–Trinajstić information content (AvgIpc) is 2.82. The molecule has 0 fully saturated rings. The van der Waals surface area contributed by atoms with Gasteiger partial charge in [-0.25, -0.2) is 4.98 Å². The Morgan fingerprint density at radius 1 is 0.906 bits per heavy atom. The van der Waals surface area contributed by atoms with Crippen molar-refractivity contribution in [2.45, 2.75) is 25.4 Å². The van der Waals surface area contributed by atoms with Crippen LogP contribution >= 0.6 is 11.6 Å². The molecule has 0 unspecified atom stereocenters. The lowest BCUT2D eigenvalue weighted by Crippen LogP contribution is -2.02. The van der Waals surface area contributed by atoms with E-state index in [9.17, 15) is 9.90 Å². The highest BCUT2D eigenvalue weighted by atomic mass is 35.5. The van der Waals surface area contributed by atoms with Gasteiger partial charge in [-0.3, -0.25) is 0 Å². The van der Waals surface area contributed by atoms with Crippen LogP contribution in [0.4, 0.5) is 0 Å². The van der Waals surface area contributed by atoms with E-state index in [0.29, 0.717) is 17.9 Å². The fourth-order valence-electron chi connectivity index (χ4n) is 3.80. The number of hydrogen-bond donors (Lipinski definition) is 1. The molecule has 0 saturated carbocycles. The number of benzene rings is 3. The van der Waals surface area contributed by atoms with Crippen molar-refractivity contribution in [3.8, 4) is 0 Å². The molecule has 3 nitrogen and oxygen atoms in total. The number of hydrogen-bond acceptors (Lipinski definition) is 3. The lowest BCUT2D eigenvalue weighted by molar-refractivity contribution is -0.107. The Morgan fingerprint density at radius 2 is 1.72 bits per heavy atom. The van der Waals surface area contributed by atoms with Crippen LogP contribution in [0.2, 0.25) is 5.02 Å². The maximum Gasteiger partial charge on any atom is 0.124 e. The van der Waals surface area contributed by atoms with Crippen molar-refractivity contribution in [2.75, 3.05) is 0 Å². The normalized spacial score (nSPS) is 12.3. The number of aliphatic hydroxyl groups is 1. The summed E-state index contributed by atoms with van der Waals surface area (Å²) in [5.41, 5.74) is 5.71. The molecule has 1 heterocycles. The molecular formula is C28H24ClNO2. The highest BCUT2D eigenvalue weighted by Crippen LogP contribution is 2.23. The van der Waals surface area contributed by atoms with E-state index in [-0.39, 0.29) is 0 Å². The van der Waals surface area contributed by atoms with Gasteiger partial charge in [-0.2, -0.15) is 0 Å². The van der Waals surface area contributed by atoms with E-state index >= 15 is 0 Å². The van der Waals surface area contributed by atoms with Gasteiger partial charge in [0, 0.05) is 16.8 Å². The SMILES string of the molecule is O=CCc1ccccc1CC[C@H](O)c1cccc(C=Cc2ccc3ccc(Cl)cc3n2)c1. The second-order valence-corrected chi connectivity index (χ2v) is 8.21. The van der Waals surface area contributed by atoms with Crippen LogP contribution < -0.4 is 0 Å². The first-order valence-corrected chi connectivity index (χ1v) is 11.0. The maximum absolute atomic E-state index is 10.9. The van der Waals surface area contributed by atoms with Crippen LogP contribution in [-0.4, -0.2) is 16.4 Å². The van der Waals surface area contributed by atoms with Gasteiger partial charge in [0.1, 0.15) is 6.29 Å². The quantitative estimate of drug-likeness (QED) is 0.319. The van der Waals surface area contributed by atoms with Crippen molar-refractivity contribution in [3.05, 3.63) is 112 Å². The smallest absolute Gasteiger partial charge is 0.124 e. The Bertz CT molecular complexity index is 1270. The monoisotopic (exact) mass is 441 g/mol. The second-order valence-electron chi connectivity index (χ2n) is 7.77. The number of nitrogens with zero attached hydrogens (tertiary/aromatic N) is 1. The van der Waals surface area contributed by atoms with Gasteiger partial charge in [0.2, 0.25) is 0 Å². The fourth-order valence-corrected chi connectivity index (χ4v) is 3.97. The minimum atomic E-state index is -0.575. The summed E-state index contributed by atoms with van der Waals surface area (Å²) in [5, 5.41) is 12.5. The van der Waals surface area contributed by atoms with E-state index < -0.39 is 6.10 Å². The number of aromatic nitrogens is 1.